The molecule has 0 saturated carbocycles. The molecule has 0 aliphatic carbocycles. The Labute approximate surface area is 132 Å². The second-order valence-electron chi connectivity index (χ2n) is 5.64. The minimum Gasteiger partial charge on any atom is -0.354 e. The van der Waals surface area contributed by atoms with Crippen LogP contribution in [0.5, 0.6) is 0 Å². The molecule has 0 unspecified atom stereocenters. The van der Waals surface area contributed by atoms with Crippen LogP contribution in [0.2, 0.25) is 0 Å². The summed E-state index contributed by atoms with van der Waals surface area (Å²) in [6, 6.07) is 22.6. The highest BCUT2D eigenvalue weighted by Gasteiger charge is 2.10. The topological polar surface area (TPSA) is 41.6 Å². The van der Waals surface area contributed by atoms with Crippen LogP contribution < -0.4 is 0 Å². The summed E-state index contributed by atoms with van der Waals surface area (Å²) in [5.41, 5.74) is 6.05. The van der Waals surface area contributed by atoms with Crippen molar-refractivity contribution in [2.75, 3.05) is 0 Å². The molecule has 1 N–H and O–H groups in total. The predicted octanol–water partition coefficient (Wildman–Crippen LogP) is 4.93. The summed E-state index contributed by atoms with van der Waals surface area (Å²) in [5, 5.41) is 2.45. The molecule has 0 atom stereocenters. The van der Waals surface area contributed by atoms with Gasteiger partial charge >= 0.3 is 0 Å². The maximum atomic E-state index is 4.78. The fraction of sp³-hybridized carbons (Fsp3) is 0. The number of para-hydroxylation sites is 4. The van der Waals surface area contributed by atoms with Crippen LogP contribution in [0.3, 0.4) is 0 Å². The molecule has 0 fully saturated rings. The Hall–Kier alpha value is -3.20. The Balaban J connectivity index is 1.84. The molecular formula is C20H13N3. The number of benzene rings is 3. The average molecular weight is 295 g/mol. The van der Waals surface area contributed by atoms with Gasteiger partial charge in [-0.2, -0.15) is 0 Å². The van der Waals surface area contributed by atoms with Gasteiger partial charge in [0.1, 0.15) is 0 Å². The maximum Gasteiger partial charge on any atom is 0.0914 e. The lowest BCUT2D eigenvalue weighted by Crippen LogP contribution is -1.89. The normalized spacial score (nSPS) is 11.5. The lowest BCUT2D eigenvalue weighted by molar-refractivity contribution is 1.29. The molecule has 5 aromatic rings. The number of H-pyrrole nitrogens is 1. The summed E-state index contributed by atoms with van der Waals surface area (Å²) >= 11 is 0. The molecule has 0 aliphatic rings. The quantitative estimate of drug-likeness (QED) is 0.476. The molecule has 23 heavy (non-hydrogen) atoms. The molecule has 0 bridgehead atoms. The van der Waals surface area contributed by atoms with Crippen molar-refractivity contribution in [1.82, 2.24) is 15.0 Å². The van der Waals surface area contributed by atoms with Crippen molar-refractivity contribution in [2.24, 2.45) is 0 Å². The number of nitrogens with one attached hydrogen (secondary N) is 1. The number of aromatic nitrogens is 3. The monoisotopic (exact) mass is 295 g/mol. The number of hydrogen-bond donors (Lipinski definition) is 1. The van der Waals surface area contributed by atoms with E-state index in [-0.39, 0.29) is 0 Å². The standard InChI is InChI=1S/C20H13N3/c1-2-9-16-13(6-1)14-7-5-8-15(20(14)23-16)19-12-21-17-10-3-4-11-18(17)22-19/h1-12,23H. The van der Waals surface area contributed by atoms with Gasteiger partial charge in [-0.25, -0.2) is 4.98 Å². The van der Waals surface area contributed by atoms with Crippen LogP contribution in [0, 0.1) is 0 Å². The lowest BCUT2D eigenvalue weighted by Gasteiger charge is -2.04. The van der Waals surface area contributed by atoms with Gasteiger partial charge in [-0.05, 0) is 18.2 Å². The number of hydrogen-bond acceptors (Lipinski definition) is 2. The predicted molar refractivity (Wildman–Crippen MR) is 94.3 cm³/mol. The minimum absolute atomic E-state index is 0.890. The highest BCUT2D eigenvalue weighted by atomic mass is 14.8. The van der Waals surface area contributed by atoms with E-state index >= 15 is 0 Å². The molecule has 3 aromatic carbocycles. The van der Waals surface area contributed by atoms with E-state index in [1.165, 1.54) is 10.8 Å². The minimum atomic E-state index is 0.890. The second-order valence-corrected chi connectivity index (χ2v) is 5.64. The molecule has 0 amide bonds. The van der Waals surface area contributed by atoms with Crippen molar-refractivity contribution in [2.45, 2.75) is 0 Å². The van der Waals surface area contributed by atoms with Gasteiger partial charge in [-0.1, -0.05) is 48.5 Å². The lowest BCUT2D eigenvalue weighted by atomic mass is 10.1. The van der Waals surface area contributed by atoms with E-state index in [9.17, 15) is 0 Å². The number of fused-ring (bicyclic) bond motifs is 4. The van der Waals surface area contributed by atoms with E-state index in [1.807, 2.05) is 36.5 Å². The molecule has 3 nitrogen and oxygen atoms in total. The van der Waals surface area contributed by atoms with E-state index in [1.54, 1.807) is 0 Å². The van der Waals surface area contributed by atoms with Crippen LogP contribution in [0.1, 0.15) is 0 Å². The van der Waals surface area contributed by atoms with Gasteiger partial charge in [-0.3, -0.25) is 4.98 Å². The van der Waals surface area contributed by atoms with E-state index in [4.69, 9.17) is 4.98 Å². The second kappa shape index (κ2) is 4.65. The van der Waals surface area contributed by atoms with Gasteiger partial charge in [0.05, 0.1) is 28.4 Å². The molecular weight excluding hydrogens is 282 g/mol. The summed E-state index contributed by atoms with van der Waals surface area (Å²) < 4.78 is 0. The third-order valence-electron chi connectivity index (χ3n) is 4.27. The first-order valence-electron chi connectivity index (χ1n) is 7.62. The highest BCUT2D eigenvalue weighted by molar-refractivity contribution is 6.11. The van der Waals surface area contributed by atoms with E-state index in [0.29, 0.717) is 0 Å². The van der Waals surface area contributed by atoms with E-state index < -0.39 is 0 Å². The summed E-state index contributed by atoms with van der Waals surface area (Å²) in [7, 11) is 0. The molecule has 3 heteroatoms. The summed E-state index contributed by atoms with van der Waals surface area (Å²) in [4.78, 5) is 12.9. The average Bonchev–Trinajstić information content (AvgIpc) is 3.00. The van der Waals surface area contributed by atoms with Crippen LogP contribution in [0.25, 0.3) is 44.1 Å². The van der Waals surface area contributed by atoms with Crippen molar-refractivity contribution in [3.05, 3.63) is 72.9 Å². The number of aromatic amines is 1. The zero-order chi connectivity index (χ0) is 15.2. The fourth-order valence-corrected chi connectivity index (χ4v) is 3.17. The number of rotatable bonds is 1. The Morgan fingerprint density at radius 1 is 0.696 bits per heavy atom. The zero-order valence-electron chi connectivity index (χ0n) is 12.3. The van der Waals surface area contributed by atoms with Gasteiger partial charge in [0.15, 0.2) is 0 Å². The number of nitrogens with zero attached hydrogens (tertiary/aromatic N) is 2. The SMILES string of the molecule is c1ccc2nc(-c3cccc4c3[nH]c3ccccc34)cnc2c1. The van der Waals surface area contributed by atoms with Gasteiger partial charge in [-0.15, -0.1) is 0 Å². The fourth-order valence-electron chi connectivity index (χ4n) is 3.17. The Morgan fingerprint density at radius 2 is 1.48 bits per heavy atom. The zero-order valence-corrected chi connectivity index (χ0v) is 12.3. The molecule has 0 aliphatic heterocycles. The summed E-state index contributed by atoms with van der Waals surface area (Å²) in [5.74, 6) is 0. The largest absolute Gasteiger partial charge is 0.354 e. The van der Waals surface area contributed by atoms with Crippen molar-refractivity contribution >= 4 is 32.8 Å². The molecule has 2 aromatic heterocycles. The first kappa shape index (κ1) is 12.4. The van der Waals surface area contributed by atoms with E-state index in [0.717, 1.165) is 33.3 Å². The van der Waals surface area contributed by atoms with Crippen molar-refractivity contribution in [3.8, 4) is 11.3 Å². The van der Waals surface area contributed by atoms with Gasteiger partial charge < -0.3 is 4.98 Å². The summed E-state index contributed by atoms with van der Waals surface area (Å²) in [6.45, 7) is 0. The van der Waals surface area contributed by atoms with E-state index in [2.05, 4.69) is 46.4 Å². The Morgan fingerprint density at radius 3 is 2.43 bits per heavy atom. The molecule has 5 rings (SSSR count). The van der Waals surface area contributed by atoms with Crippen LogP contribution in [0.4, 0.5) is 0 Å². The van der Waals surface area contributed by atoms with Crippen LogP contribution in [0.15, 0.2) is 72.9 Å². The van der Waals surface area contributed by atoms with Crippen LogP contribution in [-0.4, -0.2) is 15.0 Å². The molecule has 2 heterocycles. The Kier molecular flexibility index (Phi) is 2.50. The molecule has 108 valence electrons. The molecule has 0 spiro atoms. The highest BCUT2D eigenvalue weighted by Crippen LogP contribution is 2.32. The van der Waals surface area contributed by atoms with Gasteiger partial charge in [0.2, 0.25) is 0 Å². The Bertz CT molecular complexity index is 1170. The van der Waals surface area contributed by atoms with Crippen LogP contribution in [-0.2, 0) is 0 Å². The van der Waals surface area contributed by atoms with Crippen molar-refractivity contribution in [3.63, 3.8) is 0 Å². The molecule has 0 saturated heterocycles. The maximum absolute atomic E-state index is 4.78. The van der Waals surface area contributed by atoms with Crippen LogP contribution >= 0.6 is 0 Å². The van der Waals surface area contributed by atoms with Gasteiger partial charge in [0.25, 0.3) is 0 Å². The van der Waals surface area contributed by atoms with Crippen molar-refractivity contribution in [1.29, 1.82) is 0 Å². The van der Waals surface area contributed by atoms with Gasteiger partial charge in [0, 0.05) is 21.9 Å². The van der Waals surface area contributed by atoms with Crippen molar-refractivity contribution < 1.29 is 0 Å². The first-order chi connectivity index (χ1) is 11.4. The first-order valence-corrected chi connectivity index (χ1v) is 7.62. The molecule has 0 radical (unpaired) electrons. The third kappa shape index (κ3) is 1.83. The third-order valence-corrected chi connectivity index (χ3v) is 4.27. The summed E-state index contributed by atoms with van der Waals surface area (Å²) in [6.07, 6.45) is 1.85. The smallest absolute Gasteiger partial charge is 0.0914 e.